The van der Waals surface area contributed by atoms with Gasteiger partial charge in [-0.25, -0.2) is 4.98 Å². The van der Waals surface area contributed by atoms with E-state index in [2.05, 4.69) is 10.3 Å². The molecule has 1 aromatic heterocycles. The molecular weight excluding hydrogens is 632 g/mol. The number of phenols is 1. The molecule has 5 heterocycles. The van der Waals surface area contributed by atoms with Gasteiger partial charge in [0.15, 0.2) is 17.5 Å². The number of anilines is 1. The van der Waals surface area contributed by atoms with Crippen LogP contribution in [0.15, 0.2) is 53.8 Å². The van der Waals surface area contributed by atoms with E-state index >= 15 is 0 Å². The van der Waals surface area contributed by atoms with E-state index < -0.39 is 58.9 Å². The van der Waals surface area contributed by atoms with Crippen LogP contribution < -0.4 is 10.1 Å². The summed E-state index contributed by atoms with van der Waals surface area (Å²) in [6.07, 6.45) is 0.103. The Balaban J connectivity index is 1.34. The number of aliphatic hydroxyl groups is 5. The second kappa shape index (κ2) is 10.2. The number of hydrogen-bond donors (Lipinski definition) is 7. The van der Waals surface area contributed by atoms with Gasteiger partial charge in [-0.1, -0.05) is 24.5 Å². The van der Waals surface area contributed by atoms with Gasteiger partial charge in [0.25, 0.3) is 5.79 Å². The number of aliphatic hydroxyl groups excluding tert-OH is 5. The first-order valence-corrected chi connectivity index (χ1v) is 16.7. The molecule has 4 aliphatic heterocycles. The highest BCUT2D eigenvalue weighted by atomic mass is 16.7. The summed E-state index contributed by atoms with van der Waals surface area (Å²) < 4.78 is 13.3. The van der Waals surface area contributed by atoms with Gasteiger partial charge in [-0.3, -0.25) is 9.59 Å². The largest absolute Gasteiger partial charge is 0.507 e. The fourth-order valence-electron chi connectivity index (χ4n) is 9.55. The minimum atomic E-state index is -2.26. The second-order valence-corrected chi connectivity index (χ2v) is 14.6. The number of ether oxygens (including phenoxy) is 2. The third-order valence-electron chi connectivity index (χ3n) is 11.7. The lowest BCUT2D eigenvalue weighted by atomic mass is 9.56. The van der Waals surface area contributed by atoms with E-state index in [0.29, 0.717) is 47.0 Å². The van der Waals surface area contributed by atoms with Crippen LogP contribution in [-0.2, 0) is 4.74 Å². The van der Waals surface area contributed by atoms with Crippen molar-refractivity contribution in [1.29, 1.82) is 0 Å². The molecule has 3 aliphatic carbocycles. The monoisotopic (exact) mass is 668 g/mol. The van der Waals surface area contributed by atoms with Crippen molar-refractivity contribution in [3.05, 3.63) is 81.6 Å². The van der Waals surface area contributed by atoms with Gasteiger partial charge in [-0.2, -0.15) is 0 Å². The predicted octanol–water partition coefficient (Wildman–Crippen LogP) is 2.32. The van der Waals surface area contributed by atoms with Crippen molar-refractivity contribution in [2.75, 3.05) is 11.9 Å². The summed E-state index contributed by atoms with van der Waals surface area (Å²) in [5.74, 6) is -3.80. The normalized spacial score (nSPS) is 34.1. The lowest BCUT2D eigenvalue weighted by molar-refractivity contribution is -0.366. The maximum absolute atomic E-state index is 14.4. The summed E-state index contributed by atoms with van der Waals surface area (Å²) in [5.41, 5.74) is -1.39. The zero-order valence-corrected chi connectivity index (χ0v) is 26.6. The number of nitrogens with one attached hydrogen (secondary N) is 1. The molecule has 3 spiro atoms. The van der Waals surface area contributed by atoms with Crippen LogP contribution in [0.2, 0.25) is 0 Å². The average molecular weight is 669 g/mol. The average Bonchev–Trinajstić information content (AvgIpc) is 3.55. The van der Waals surface area contributed by atoms with Crippen molar-refractivity contribution in [1.82, 2.24) is 4.98 Å². The van der Waals surface area contributed by atoms with Crippen molar-refractivity contribution >= 4 is 28.2 Å². The molecule has 1 saturated carbocycles. The Kier molecular flexibility index (Phi) is 6.42. The summed E-state index contributed by atoms with van der Waals surface area (Å²) in [7, 11) is 0. The van der Waals surface area contributed by atoms with Gasteiger partial charge in [0.1, 0.15) is 29.5 Å². The number of aromatic hydroxyl groups is 1. The zero-order chi connectivity index (χ0) is 34.2. The molecule has 254 valence electrons. The highest BCUT2D eigenvalue weighted by Crippen LogP contribution is 2.61. The quantitative estimate of drug-likeness (QED) is 0.145. The standard InChI is InChI=1S/C37H36N2O10/c1-16-10-21-25(23(41)11-16)29(43)27-24-13-20-19(26(27)28(21)42)5-9-38-33(20)39-15-18(40)12-17-14-35(6-2-3-7-35)34(47)37-22(17)4-8-36(48-24,49-37)31(45)30(44)32(37)46/h4-5,8-11,13,18,30-32,34,40-41,44-47H,2-3,6-7,12,14-15H2,1H3,(H,38,39)/t18-,30+,31+,32-,34-,36+,37-/m0/s1. The first-order valence-electron chi connectivity index (χ1n) is 16.7. The fourth-order valence-corrected chi connectivity index (χ4v) is 9.55. The number of pyridine rings is 1. The molecular formula is C37H36N2O10. The molecule has 10 rings (SSSR count). The summed E-state index contributed by atoms with van der Waals surface area (Å²) in [4.78, 5) is 33.2. The van der Waals surface area contributed by atoms with Crippen LogP contribution in [0.3, 0.4) is 0 Å². The SMILES string of the molecule is Cc1cc(O)c2c(c1)C(=O)c1c(c3cc4c(nccc14)NC[C@@H](O)CC1=C4C=C[C@@]5(O3)O[C@@]4([C@@H](O)[C@H](O)[C@H]5O)[C@@H](O)C3(CCCC3)C1)C2=O. The van der Waals surface area contributed by atoms with Gasteiger partial charge < -0.3 is 45.4 Å². The molecule has 7 aliphatic rings. The molecule has 0 unspecified atom stereocenters. The van der Waals surface area contributed by atoms with E-state index in [1.165, 1.54) is 30.5 Å². The molecule has 7 N–H and O–H groups in total. The Morgan fingerprint density at radius 3 is 2.49 bits per heavy atom. The van der Waals surface area contributed by atoms with Crippen LogP contribution in [0, 0.1) is 12.3 Å². The number of phenolic OH excluding ortho intramolecular Hbond substituents is 1. The fraction of sp³-hybridized carbons (Fsp3) is 0.432. The van der Waals surface area contributed by atoms with E-state index in [1.807, 2.05) is 0 Å². The van der Waals surface area contributed by atoms with Gasteiger partial charge in [0, 0.05) is 34.7 Å². The Morgan fingerprint density at radius 1 is 0.939 bits per heavy atom. The summed E-state index contributed by atoms with van der Waals surface area (Å²) in [6.45, 7) is 1.74. The predicted molar refractivity (Wildman–Crippen MR) is 173 cm³/mol. The number of benzene rings is 2. The first kappa shape index (κ1) is 30.9. The van der Waals surface area contributed by atoms with E-state index in [-0.39, 0.29) is 46.7 Å². The third kappa shape index (κ3) is 3.92. The van der Waals surface area contributed by atoms with Crippen molar-refractivity contribution in [3.63, 3.8) is 0 Å². The van der Waals surface area contributed by atoms with Crippen LogP contribution in [0.1, 0.15) is 75.9 Å². The van der Waals surface area contributed by atoms with Gasteiger partial charge in [-0.15, -0.1) is 0 Å². The van der Waals surface area contributed by atoms with Crippen molar-refractivity contribution in [2.45, 2.75) is 87.4 Å². The smallest absolute Gasteiger partial charge is 0.260 e. The number of rotatable bonds is 0. The van der Waals surface area contributed by atoms with Crippen molar-refractivity contribution in [3.8, 4) is 11.5 Å². The lowest BCUT2D eigenvalue weighted by Crippen LogP contribution is -2.78. The zero-order valence-electron chi connectivity index (χ0n) is 26.6. The molecule has 12 nitrogen and oxygen atoms in total. The minimum Gasteiger partial charge on any atom is -0.507 e. The number of nitrogens with zero attached hydrogens (tertiary/aromatic N) is 1. The number of ketones is 2. The molecule has 12 heteroatoms. The number of aryl methyl sites for hydroxylation is 1. The third-order valence-corrected chi connectivity index (χ3v) is 11.7. The van der Waals surface area contributed by atoms with Gasteiger partial charge >= 0.3 is 0 Å². The maximum atomic E-state index is 14.4. The molecule has 7 atom stereocenters. The Bertz CT molecular complexity index is 2070. The molecule has 6 bridgehead atoms. The first-order chi connectivity index (χ1) is 23.4. The van der Waals surface area contributed by atoms with Gasteiger partial charge in [0.2, 0.25) is 5.78 Å². The van der Waals surface area contributed by atoms with Crippen LogP contribution >= 0.6 is 0 Å². The Labute approximate surface area is 280 Å². The van der Waals surface area contributed by atoms with Crippen LogP contribution in [0.25, 0.3) is 10.8 Å². The lowest BCUT2D eigenvalue weighted by Gasteiger charge is -2.62. The molecule has 2 aromatic carbocycles. The molecule has 3 aromatic rings. The number of aromatic nitrogens is 1. The number of hydrogen-bond acceptors (Lipinski definition) is 12. The number of fused-ring (bicyclic) bond motifs is 6. The molecule has 0 radical (unpaired) electrons. The van der Waals surface area contributed by atoms with E-state index in [9.17, 15) is 40.2 Å². The van der Waals surface area contributed by atoms with Crippen LogP contribution in [0.4, 0.5) is 5.82 Å². The second-order valence-electron chi connectivity index (χ2n) is 14.6. The molecule has 1 saturated heterocycles. The highest BCUT2D eigenvalue weighted by Gasteiger charge is 2.71. The Morgan fingerprint density at radius 2 is 1.71 bits per heavy atom. The van der Waals surface area contributed by atoms with Gasteiger partial charge in [-0.05, 0) is 79.5 Å². The number of carbonyl (C=O) groups excluding carboxylic acids is 2. The summed E-state index contributed by atoms with van der Waals surface area (Å²) in [5, 5.41) is 73.6. The minimum absolute atomic E-state index is 0.0151. The summed E-state index contributed by atoms with van der Waals surface area (Å²) in [6, 6.07) is 5.98. The van der Waals surface area contributed by atoms with E-state index in [0.717, 1.165) is 18.4 Å². The van der Waals surface area contributed by atoms with Crippen molar-refractivity contribution in [2.24, 2.45) is 5.41 Å². The van der Waals surface area contributed by atoms with Crippen molar-refractivity contribution < 1.29 is 49.7 Å². The van der Waals surface area contributed by atoms with E-state index in [1.54, 1.807) is 19.1 Å². The topological polar surface area (TPSA) is 199 Å². The maximum Gasteiger partial charge on any atom is 0.260 e. The molecule has 49 heavy (non-hydrogen) atoms. The van der Waals surface area contributed by atoms with E-state index in [4.69, 9.17) is 9.47 Å². The van der Waals surface area contributed by atoms with Crippen LogP contribution in [0.5, 0.6) is 11.5 Å². The summed E-state index contributed by atoms with van der Waals surface area (Å²) >= 11 is 0. The number of carbonyl (C=O) groups is 2. The van der Waals surface area contributed by atoms with Gasteiger partial charge in [0.05, 0.1) is 23.3 Å². The van der Waals surface area contributed by atoms with Crippen LogP contribution in [-0.4, -0.2) is 95.6 Å². The molecule has 0 amide bonds. The molecule has 2 fully saturated rings. The highest BCUT2D eigenvalue weighted by molar-refractivity contribution is 6.34. The Hall–Kier alpha value is -4.17.